The molecule has 1 aromatic carbocycles. The Kier molecular flexibility index (Phi) is 3.09. The number of hydrogen-bond donors (Lipinski definition) is 0. The molecule has 0 aliphatic carbocycles. The van der Waals surface area contributed by atoms with Gasteiger partial charge in [0.2, 0.25) is 5.82 Å². The molecule has 2 atom stereocenters. The summed E-state index contributed by atoms with van der Waals surface area (Å²) in [5.41, 5.74) is 1.03. The van der Waals surface area contributed by atoms with E-state index in [1.54, 1.807) is 24.3 Å². The van der Waals surface area contributed by atoms with Crippen molar-refractivity contribution in [2.45, 2.75) is 19.4 Å². The molecule has 0 amide bonds. The third kappa shape index (κ3) is 2.09. The fourth-order valence-corrected chi connectivity index (χ4v) is 4.19. The van der Waals surface area contributed by atoms with Crippen LogP contribution >= 0.6 is 0 Å². The van der Waals surface area contributed by atoms with Crippen molar-refractivity contribution >= 4 is 17.2 Å². The van der Waals surface area contributed by atoms with Crippen LogP contribution in [0.5, 0.6) is 0 Å². The maximum atomic E-state index is 12.3. The second-order valence-corrected chi connectivity index (χ2v) is 6.49. The van der Waals surface area contributed by atoms with Crippen LogP contribution in [-0.2, 0) is 6.54 Å². The van der Waals surface area contributed by atoms with Crippen molar-refractivity contribution in [3.05, 3.63) is 62.9 Å². The molecule has 2 aromatic rings. The molecule has 2 aliphatic heterocycles. The van der Waals surface area contributed by atoms with Gasteiger partial charge in [-0.2, -0.15) is 0 Å². The molecule has 3 heterocycles. The number of aromatic nitrogens is 1. The third-order valence-corrected chi connectivity index (χ3v) is 5.16. The van der Waals surface area contributed by atoms with E-state index >= 15 is 0 Å². The number of hydrogen-bond acceptors (Lipinski definition) is 3. The molecule has 0 radical (unpaired) electrons. The van der Waals surface area contributed by atoms with Gasteiger partial charge in [0.25, 0.3) is 11.2 Å². The normalized spacial score (nSPS) is 25.7. The first kappa shape index (κ1) is 14.1. The topological polar surface area (TPSA) is 65.1 Å². The first-order valence-corrected chi connectivity index (χ1v) is 7.93. The molecule has 2 aliphatic rings. The minimum atomic E-state index is -0.356. The number of benzene rings is 1. The SMILES string of the molecule is O=c1cccc2n1CC1CCC[N+]2(c2cccc([N+](=O)[O-])c2)C1. The Bertz CT molecular complexity index is 845. The molecule has 6 heteroatoms. The zero-order valence-electron chi connectivity index (χ0n) is 12.7. The molecule has 1 saturated heterocycles. The molecule has 0 spiro atoms. The number of pyridine rings is 1. The molecule has 2 unspecified atom stereocenters. The smallest absolute Gasteiger partial charge is 0.269 e. The highest BCUT2D eigenvalue weighted by Crippen LogP contribution is 2.43. The zero-order chi connectivity index (χ0) is 16.0. The molecule has 1 fully saturated rings. The Morgan fingerprint density at radius 1 is 1.22 bits per heavy atom. The van der Waals surface area contributed by atoms with E-state index in [0.717, 1.165) is 44.0 Å². The Hall–Kier alpha value is -2.47. The lowest BCUT2D eigenvalue weighted by atomic mass is 9.91. The molecule has 0 saturated carbocycles. The van der Waals surface area contributed by atoms with Gasteiger partial charge >= 0.3 is 0 Å². The number of rotatable bonds is 2. The lowest BCUT2D eigenvalue weighted by Gasteiger charge is -2.47. The van der Waals surface area contributed by atoms with E-state index in [9.17, 15) is 14.9 Å². The second kappa shape index (κ2) is 5.03. The Labute approximate surface area is 133 Å². The van der Waals surface area contributed by atoms with Gasteiger partial charge in [-0.25, -0.2) is 4.48 Å². The van der Waals surface area contributed by atoms with Gasteiger partial charge in [0, 0.05) is 36.7 Å². The zero-order valence-corrected chi connectivity index (χ0v) is 12.7. The lowest BCUT2D eigenvalue weighted by Crippen LogP contribution is -2.58. The Balaban J connectivity index is 1.96. The van der Waals surface area contributed by atoms with Gasteiger partial charge in [-0.15, -0.1) is 0 Å². The first-order chi connectivity index (χ1) is 11.1. The van der Waals surface area contributed by atoms with Crippen LogP contribution in [-0.4, -0.2) is 22.6 Å². The summed E-state index contributed by atoms with van der Waals surface area (Å²) in [6, 6.07) is 12.2. The molecule has 0 N–H and O–H groups in total. The van der Waals surface area contributed by atoms with Crippen molar-refractivity contribution in [2.24, 2.45) is 5.92 Å². The molecular weight excluding hydrogens is 294 g/mol. The van der Waals surface area contributed by atoms with Crippen molar-refractivity contribution in [2.75, 3.05) is 13.1 Å². The van der Waals surface area contributed by atoms with Gasteiger partial charge in [0.15, 0.2) is 0 Å². The molecule has 4 rings (SSSR count). The van der Waals surface area contributed by atoms with Crippen LogP contribution in [0.1, 0.15) is 12.8 Å². The average molecular weight is 312 g/mol. The number of nitrogens with zero attached hydrogens (tertiary/aromatic N) is 3. The van der Waals surface area contributed by atoms with Crippen LogP contribution in [0.3, 0.4) is 0 Å². The fraction of sp³-hybridized carbons (Fsp3) is 0.353. The minimum absolute atomic E-state index is 0.0158. The number of nitro groups is 1. The second-order valence-electron chi connectivity index (χ2n) is 6.49. The molecule has 1 aromatic heterocycles. The quantitative estimate of drug-likeness (QED) is 0.486. The fourth-order valence-electron chi connectivity index (χ4n) is 4.19. The standard InChI is InChI=1S/C17H18N3O3/c21-17-8-2-7-16-18(17)11-13-4-3-9-20(16,12-13)15-6-1-5-14(10-15)19(22)23/h1-2,5-8,10,13H,3-4,9,11-12H2/q+1. The van der Waals surface area contributed by atoms with Gasteiger partial charge < -0.3 is 0 Å². The summed E-state index contributed by atoms with van der Waals surface area (Å²) < 4.78 is 2.40. The van der Waals surface area contributed by atoms with E-state index in [0.29, 0.717) is 10.4 Å². The first-order valence-electron chi connectivity index (χ1n) is 7.93. The predicted molar refractivity (Wildman–Crippen MR) is 87.7 cm³/mol. The van der Waals surface area contributed by atoms with E-state index in [2.05, 4.69) is 0 Å². The monoisotopic (exact) mass is 312 g/mol. The van der Waals surface area contributed by atoms with E-state index in [1.807, 2.05) is 16.7 Å². The Morgan fingerprint density at radius 2 is 2.04 bits per heavy atom. The summed E-state index contributed by atoms with van der Waals surface area (Å²) >= 11 is 0. The highest BCUT2D eigenvalue weighted by atomic mass is 16.6. The minimum Gasteiger partial charge on any atom is -0.269 e. The van der Waals surface area contributed by atoms with Gasteiger partial charge in [-0.1, -0.05) is 0 Å². The highest BCUT2D eigenvalue weighted by molar-refractivity contribution is 5.60. The predicted octanol–water partition coefficient (Wildman–Crippen LogP) is 2.82. The van der Waals surface area contributed by atoms with Gasteiger partial charge in [0.1, 0.15) is 5.69 Å². The number of quaternary nitrogens is 1. The van der Waals surface area contributed by atoms with Gasteiger partial charge in [-0.3, -0.25) is 19.5 Å². The summed E-state index contributed by atoms with van der Waals surface area (Å²) in [5.74, 6) is 1.39. The number of non-ortho nitro benzene ring substituents is 1. The largest absolute Gasteiger partial charge is 0.275 e. The molecule has 23 heavy (non-hydrogen) atoms. The Morgan fingerprint density at radius 3 is 2.87 bits per heavy atom. The highest BCUT2D eigenvalue weighted by Gasteiger charge is 2.45. The number of nitro benzene ring substituents is 1. The van der Waals surface area contributed by atoms with Crippen LogP contribution in [0.25, 0.3) is 0 Å². The molecule has 118 valence electrons. The van der Waals surface area contributed by atoms with Crippen LogP contribution in [0.2, 0.25) is 0 Å². The maximum Gasteiger partial charge on any atom is 0.275 e. The third-order valence-electron chi connectivity index (χ3n) is 5.16. The van der Waals surface area contributed by atoms with Crippen LogP contribution < -0.4 is 10.0 Å². The number of piperidine rings is 1. The molecule has 2 bridgehead atoms. The van der Waals surface area contributed by atoms with E-state index < -0.39 is 0 Å². The maximum absolute atomic E-state index is 12.3. The van der Waals surface area contributed by atoms with E-state index in [1.165, 1.54) is 6.07 Å². The number of fused-ring (bicyclic) bond motifs is 4. The summed E-state index contributed by atoms with van der Waals surface area (Å²) in [6.07, 6.45) is 2.17. The summed E-state index contributed by atoms with van der Waals surface area (Å²) in [5, 5.41) is 11.2. The van der Waals surface area contributed by atoms with Gasteiger partial charge in [-0.05, 0) is 25.0 Å². The summed E-state index contributed by atoms with van der Waals surface area (Å²) in [4.78, 5) is 23.1. The molecule has 6 nitrogen and oxygen atoms in total. The van der Waals surface area contributed by atoms with Crippen LogP contribution in [0, 0.1) is 16.0 Å². The van der Waals surface area contributed by atoms with Crippen LogP contribution in [0.4, 0.5) is 17.2 Å². The lowest BCUT2D eigenvalue weighted by molar-refractivity contribution is -0.384. The van der Waals surface area contributed by atoms with Crippen molar-refractivity contribution in [3.63, 3.8) is 0 Å². The van der Waals surface area contributed by atoms with Crippen molar-refractivity contribution in [3.8, 4) is 0 Å². The van der Waals surface area contributed by atoms with Crippen molar-refractivity contribution in [1.29, 1.82) is 0 Å². The summed E-state index contributed by atoms with van der Waals surface area (Å²) in [6.45, 7) is 2.54. The van der Waals surface area contributed by atoms with Crippen molar-refractivity contribution < 1.29 is 4.92 Å². The van der Waals surface area contributed by atoms with E-state index in [-0.39, 0.29) is 16.2 Å². The summed E-state index contributed by atoms with van der Waals surface area (Å²) in [7, 11) is 0. The van der Waals surface area contributed by atoms with Gasteiger partial charge in [0.05, 0.1) is 24.1 Å². The molecular formula is C17H18N3O3+. The van der Waals surface area contributed by atoms with Crippen molar-refractivity contribution in [1.82, 2.24) is 9.05 Å². The average Bonchev–Trinajstić information content (AvgIpc) is 2.56. The van der Waals surface area contributed by atoms with Crippen LogP contribution in [0.15, 0.2) is 47.3 Å². The van der Waals surface area contributed by atoms with E-state index in [4.69, 9.17) is 0 Å².